The molecule has 0 saturated heterocycles. The van der Waals surface area contributed by atoms with Crippen LogP contribution in [0, 0.1) is 13.8 Å². The predicted octanol–water partition coefficient (Wildman–Crippen LogP) is 18.5. The number of rotatable bonds is 7. The highest BCUT2D eigenvalue weighted by Gasteiger charge is 2.37. The van der Waals surface area contributed by atoms with Crippen molar-refractivity contribution < 1.29 is 0 Å². The summed E-state index contributed by atoms with van der Waals surface area (Å²) in [7, 11) is 0. The molecule has 336 valence electrons. The lowest BCUT2D eigenvalue weighted by Crippen LogP contribution is -2.16. The summed E-state index contributed by atoms with van der Waals surface area (Å²) < 4.78 is 2.47. The molecule has 70 heavy (non-hydrogen) atoms. The first-order valence-electron chi connectivity index (χ1n) is 24.7. The van der Waals surface area contributed by atoms with Crippen molar-refractivity contribution in [1.82, 2.24) is 4.57 Å². The van der Waals surface area contributed by atoms with E-state index in [9.17, 15) is 0 Å². The van der Waals surface area contributed by atoms with Gasteiger partial charge in [0.15, 0.2) is 0 Å². The highest BCUT2D eigenvalue weighted by atomic mass is 15.1. The summed E-state index contributed by atoms with van der Waals surface area (Å²) in [5.41, 5.74) is 27.5. The zero-order valence-electron chi connectivity index (χ0n) is 40.7. The molecule has 0 amide bonds. The third-order valence-corrected chi connectivity index (χ3v) is 15.7. The number of aromatic nitrogens is 1. The molecule has 11 aromatic rings. The second kappa shape index (κ2) is 15.7. The van der Waals surface area contributed by atoms with E-state index in [1.54, 1.807) is 0 Å². The van der Waals surface area contributed by atoms with Crippen LogP contribution >= 0.6 is 0 Å². The van der Waals surface area contributed by atoms with Crippen LogP contribution in [0.15, 0.2) is 218 Å². The average molecular weight is 899 g/mol. The van der Waals surface area contributed by atoms with Gasteiger partial charge in [-0.2, -0.15) is 0 Å². The highest BCUT2D eigenvalue weighted by Crippen LogP contribution is 2.52. The van der Waals surface area contributed by atoms with Crippen molar-refractivity contribution in [2.24, 2.45) is 0 Å². The maximum absolute atomic E-state index is 2.47. The van der Waals surface area contributed by atoms with Gasteiger partial charge >= 0.3 is 0 Å². The van der Waals surface area contributed by atoms with Gasteiger partial charge < -0.3 is 9.47 Å². The van der Waals surface area contributed by atoms with Gasteiger partial charge in [-0.1, -0.05) is 184 Å². The molecule has 0 atom stereocenters. The number of fused-ring (bicyclic) bond motifs is 9. The van der Waals surface area contributed by atoms with E-state index in [1.165, 1.54) is 117 Å². The first kappa shape index (κ1) is 41.9. The van der Waals surface area contributed by atoms with E-state index in [4.69, 9.17) is 0 Å². The van der Waals surface area contributed by atoms with Gasteiger partial charge in [-0.25, -0.2) is 0 Å². The van der Waals surface area contributed by atoms with E-state index in [1.807, 2.05) is 0 Å². The quantitative estimate of drug-likeness (QED) is 0.155. The predicted molar refractivity (Wildman–Crippen MR) is 296 cm³/mol. The highest BCUT2D eigenvalue weighted by molar-refractivity contribution is 6.10. The summed E-state index contributed by atoms with van der Waals surface area (Å²) in [4.78, 5) is 2.41. The van der Waals surface area contributed by atoms with Gasteiger partial charge in [-0.15, -0.1) is 0 Å². The first-order valence-corrected chi connectivity index (χ1v) is 24.7. The Bertz CT molecular complexity index is 3860. The number of benzene rings is 10. The molecule has 2 aliphatic rings. The molecule has 13 rings (SSSR count). The van der Waals surface area contributed by atoms with Crippen molar-refractivity contribution >= 4 is 38.9 Å². The molecule has 0 aliphatic heterocycles. The van der Waals surface area contributed by atoms with Crippen molar-refractivity contribution in [3.05, 3.63) is 252 Å². The molecule has 0 bridgehead atoms. The van der Waals surface area contributed by atoms with Crippen molar-refractivity contribution in [3.8, 4) is 61.3 Å². The Morgan fingerprint density at radius 2 is 0.800 bits per heavy atom. The van der Waals surface area contributed by atoms with Gasteiger partial charge in [0.05, 0.1) is 11.0 Å². The molecule has 0 fully saturated rings. The Hall–Kier alpha value is -8.20. The van der Waals surface area contributed by atoms with Crippen LogP contribution in [0.5, 0.6) is 0 Å². The van der Waals surface area contributed by atoms with Crippen LogP contribution < -0.4 is 4.90 Å². The van der Waals surface area contributed by atoms with Crippen LogP contribution in [0.4, 0.5) is 17.1 Å². The molecule has 0 spiro atoms. The Balaban J connectivity index is 0.868. The van der Waals surface area contributed by atoms with Crippen molar-refractivity contribution in [1.29, 1.82) is 0 Å². The Kier molecular flexibility index (Phi) is 9.39. The fraction of sp³-hybridized carbons (Fsp3) is 0.118. The minimum atomic E-state index is -0.155. The van der Waals surface area contributed by atoms with E-state index in [-0.39, 0.29) is 10.8 Å². The molecule has 0 radical (unpaired) electrons. The summed E-state index contributed by atoms with van der Waals surface area (Å²) >= 11 is 0. The van der Waals surface area contributed by atoms with Crippen LogP contribution in [0.25, 0.3) is 83.1 Å². The second-order valence-corrected chi connectivity index (χ2v) is 20.8. The standard InChI is InChI=1S/C68H54N2/c1-43-36-44(2)38-50(37-43)49-24-32-56-58-34-31-54(42-64(58)68(5,6)62(56)40-49)70-65-19-13-11-17-59(65)60-39-48(25-35-66(60)70)47-22-28-52(29-23-47)69(51-26-20-46(21-27-51)45-14-8-7-9-15-45)53-30-33-57-55-16-10-12-18-61(55)67(3,4)63(57)41-53/h7-42H,1-6H3. The van der Waals surface area contributed by atoms with Crippen molar-refractivity contribution in [2.75, 3.05) is 4.90 Å². The largest absolute Gasteiger partial charge is 0.310 e. The molecule has 1 heterocycles. The Labute approximate surface area is 411 Å². The molecule has 0 unspecified atom stereocenters. The number of anilines is 3. The maximum Gasteiger partial charge on any atom is 0.0541 e. The summed E-state index contributed by atoms with van der Waals surface area (Å²) in [5.74, 6) is 0. The lowest BCUT2D eigenvalue weighted by molar-refractivity contribution is 0.660. The van der Waals surface area contributed by atoms with E-state index < -0.39 is 0 Å². The van der Waals surface area contributed by atoms with Gasteiger partial charge in [0, 0.05) is 44.4 Å². The van der Waals surface area contributed by atoms with Gasteiger partial charge in [0.2, 0.25) is 0 Å². The Morgan fingerprint density at radius 3 is 1.53 bits per heavy atom. The lowest BCUT2D eigenvalue weighted by Gasteiger charge is -2.28. The number of hydrogen-bond donors (Lipinski definition) is 0. The fourth-order valence-electron chi connectivity index (χ4n) is 12.1. The molecule has 1 aromatic heterocycles. The molecule has 2 heteroatoms. The van der Waals surface area contributed by atoms with Crippen LogP contribution in [0.1, 0.15) is 61.1 Å². The number of para-hydroxylation sites is 1. The maximum atomic E-state index is 2.47. The van der Waals surface area contributed by atoms with E-state index >= 15 is 0 Å². The molecule has 10 aromatic carbocycles. The molecule has 2 nitrogen and oxygen atoms in total. The minimum absolute atomic E-state index is 0.106. The summed E-state index contributed by atoms with van der Waals surface area (Å²) in [6, 6.07) is 81.7. The SMILES string of the molecule is Cc1cc(C)cc(-c2ccc3c(c2)C(C)(C)c2cc(-n4c5ccccc5c5cc(-c6ccc(N(c7ccc(-c8ccccc8)cc7)c7ccc8c(c7)C(C)(C)c7ccccc7-8)cc6)ccc54)ccc2-3)c1. The van der Waals surface area contributed by atoms with Crippen LogP contribution in [0.2, 0.25) is 0 Å². The van der Waals surface area contributed by atoms with Crippen molar-refractivity contribution in [3.63, 3.8) is 0 Å². The van der Waals surface area contributed by atoms with E-state index in [0.29, 0.717) is 0 Å². The Morgan fingerprint density at radius 1 is 0.314 bits per heavy atom. The van der Waals surface area contributed by atoms with Crippen molar-refractivity contribution in [2.45, 2.75) is 52.4 Å². The number of aryl methyl sites for hydroxylation is 2. The number of hydrogen-bond acceptors (Lipinski definition) is 1. The van der Waals surface area contributed by atoms with Gasteiger partial charge in [-0.3, -0.25) is 0 Å². The monoisotopic (exact) mass is 898 g/mol. The molecular formula is C68H54N2. The lowest BCUT2D eigenvalue weighted by atomic mass is 9.81. The fourth-order valence-corrected chi connectivity index (χ4v) is 12.1. The smallest absolute Gasteiger partial charge is 0.0541 e. The molecular weight excluding hydrogens is 845 g/mol. The van der Waals surface area contributed by atoms with Gasteiger partial charge in [-0.05, 0) is 165 Å². The van der Waals surface area contributed by atoms with Crippen LogP contribution in [-0.2, 0) is 10.8 Å². The summed E-state index contributed by atoms with van der Waals surface area (Å²) in [6.45, 7) is 13.9. The summed E-state index contributed by atoms with van der Waals surface area (Å²) in [5, 5.41) is 2.50. The number of nitrogens with zero attached hydrogens (tertiary/aromatic N) is 2. The molecule has 0 N–H and O–H groups in total. The van der Waals surface area contributed by atoms with E-state index in [2.05, 4.69) is 269 Å². The normalized spacial score (nSPS) is 13.8. The zero-order valence-corrected chi connectivity index (χ0v) is 40.7. The molecule has 0 saturated carbocycles. The third kappa shape index (κ3) is 6.54. The van der Waals surface area contributed by atoms with Gasteiger partial charge in [0.25, 0.3) is 0 Å². The average Bonchev–Trinajstić information content (AvgIpc) is 3.92. The third-order valence-electron chi connectivity index (χ3n) is 15.7. The zero-order chi connectivity index (χ0) is 47.5. The van der Waals surface area contributed by atoms with Gasteiger partial charge in [0.1, 0.15) is 0 Å². The summed E-state index contributed by atoms with van der Waals surface area (Å²) in [6.07, 6.45) is 0. The molecule has 2 aliphatic carbocycles. The van der Waals surface area contributed by atoms with Crippen LogP contribution in [0.3, 0.4) is 0 Å². The first-order chi connectivity index (χ1) is 34.0. The minimum Gasteiger partial charge on any atom is -0.310 e. The topological polar surface area (TPSA) is 8.17 Å². The van der Waals surface area contributed by atoms with Crippen LogP contribution in [-0.4, -0.2) is 4.57 Å². The second-order valence-electron chi connectivity index (χ2n) is 20.8. The van der Waals surface area contributed by atoms with E-state index in [0.717, 1.165) is 17.1 Å².